The Bertz CT molecular complexity index is 273. The SMILES string of the molecule is CCOP(=O)(CC(CBr)OC1CCCCO1)OCC. The molecule has 0 spiro atoms. The van der Waals surface area contributed by atoms with Crippen molar-refractivity contribution < 1.29 is 23.1 Å². The molecule has 0 aromatic rings. The highest BCUT2D eigenvalue weighted by Gasteiger charge is 2.30. The van der Waals surface area contributed by atoms with Gasteiger partial charge in [0, 0.05) is 11.9 Å². The monoisotopic (exact) mass is 358 g/mol. The zero-order valence-corrected chi connectivity index (χ0v) is 14.2. The van der Waals surface area contributed by atoms with Crippen LogP contribution in [0.4, 0.5) is 0 Å². The van der Waals surface area contributed by atoms with Crippen LogP contribution in [0.2, 0.25) is 0 Å². The van der Waals surface area contributed by atoms with Crippen molar-refractivity contribution in [2.75, 3.05) is 31.3 Å². The largest absolute Gasteiger partial charge is 0.353 e. The van der Waals surface area contributed by atoms with E-state index in [-0.39, 0.29) is 18.6 Å². The third-order valence-electron chi connectivity index (χ3n) is 2.73. The van der Waals surface area contributed by atoms with E-state index in [1.165, 1.54) is 0 Å². The quantitative estimate of drug-likeness (QED) is 0.465. The van der Waals surface area contributed by atoms with E-state index < -0.39 is 7.60 Å². The number of hydrogen-bond donors (Lipinski definition) is 0. The zero-order chi connectivity index (χ0) is 14.1. The molecule has 2 atom stereocenters. The Hall–Kier alpha value is 0.550. The fourth-order valence-electron chi connectivity index (χ4n) is 1.95. The Morgan fingerprint density at radius 3 is 2.47 bits per heavy atom. The van der Waals surface area contributed by atoms with Crippen LogP contribution in [0, 0.1) is 0 Å². The van der Waals surface area contributed by atoms with Crippen molar-refractivity contribution in [3.8, 4) is 0 Å². The Kier molecular flexibility index (Phi) is 8.78. The van der Waals surface area contributed by atoms with Crippen LogP contribution in [0.25, 0.3) is 0 Å². The summed E-state index contributed by atoms with van der Waals surface area (Å²) in [5.74, 6) is 0. The van der Waals surface area contributed by atoms with Crippen LogP contribution in [-0.4, -0.2) is 43.7 Å². The van der Waals surface area contributed by atoms with Crippen molar-refractivity contribution in [1.29, 1.82) is 0 Å². The normalized spacial score (nSPS) is 22.4. The fraction of sp³-hybridized carbons (Fsp3) is 1.00. The summed E-state index contributed by atoms with van der Waals surface area (Å²) in [4.78, 5) is 0. The maximum absolute atomic E-state index is 12.4. The van der Waals surface area contributed by atoms with Gasteiger partial charge in [-0.15, -0.1) is 0 Å². The molecule has 5 nitrogen and oxygen atoms in total. The number of halogens is 1. The summed E-state index contributed by atoms with van der Waals surface area (Å²) < 4.78 is 34.4. The second-order valence-electron chi connectivity index (χ2n) is 4.34. The molecule has 0 N–H and O–H groups in total. The van der Waals surface area contributed by atoms with E-state index in [1.807, 2.05) is 0 Å². The molecule has 1 heterocycles. The summed E-state index contributed by atoms with van der Waals surface area (Å²) >= 11 is 3.38. The maximum Gasteiger partial charge on any atom is 0.333 e. The van der Waals surface area contributed by atoms with Crippen molar-refractivity contribution in [3.05, 3.63) is 0 Å². The third-order valence-corrected chi connectivity index (χ3v) is 5.61. The average molecular weight is 359 g/mol. The summed E-state index contributed by atoms with van der Waals surface area (Å²) in [6.07, 6.45) is 2.89. The molecular formula is C12H24BrO5P. The zero-order valence-electron chi connectivity index (χ0n) is 11.7. The lowest BCUT2D eigenvalue weighted by molar-refractivity contribution is -0.179. The minimum absolute atomic E-state index is 0.201. The molecule has 1 aliphatic rings. The van der Waals surface area contributed by atoms with Gasteiger partial charge in [-0.25, -0.2) is 0 Å². The van der Waals surface area contributed by atoms with Crippen LogP contribution < -0.4 is 0 Å². The summed E-state index contributed by atoms with van der Waals surface area (Å²) in [7, 11) is -3.07. The van der Waals surface area contributed by atoms with Crippen LogP contribution in [0.15, 0.2) is 0 Å². The molecule has 2 unspecified atom stereocenters. The van der Waals surface area contributed by atoms with E-state index in [0.717, 1.165) is 25.9 Å². The number of ether oxygens (including phenoxy) is 2. The summed E-state index contributed by atoms with van der Waals surface area (Å²) in [5.41, 5.74) is 0. The molecule has 19 heavy (non-hydrogen) atoms. The Balaban J connectivity index is 2.50. The van der Waals surface area contributed by atoms with Gasteiger partial charge in [-0.1, -0.05) is 15.9 Å². The predicted octanol–water partition coefficient (Wildman–Crippen LogP) is 3.56. The van der Waals surface area contributed by atoms with Gasteiger partial charge in [0.1, 0.15) is 0 Å². The van der Waals surface area contributed by atoms with Crippen LogP contribution in [0.5, 0.6) is 0 Å². The fourth-order valence-corrected chi connectivity index (χ4v) is 4.47. The van der Waals surface area contributed by atoms with E-state index in [4.69, 9.17) is 18.5 Å². The van der Waals surface area contributed by atoms with Gasteiger partial charge in [0.15, 0.2) is 6.29 Å². The van der Waals surface area contributed by atoms with Gasteiger partial charge in [0.05, 0.1) is 25.5 Å². The van der Waals surface area contributed by atoms with Crippen molar-refractivity contribution in [1.82, 2.24) is 0 Å². The molecule has 0 aromatic heterocycles. The molecule has 1 aliphatic heterocycles. The lowest BCUT2D eigenvalue weighted by Crippen LogP contribution is -2.31. The molecule has 0 radical (unpaired) electrons. The molecule has 1 saturated heterocycles. The van der Waals surface area contributed by atoms with Crippen LogP contribution in [0.3, 0.4) is 0 Å². The third kappa shape index (κ3) is 6.69. The summed E-state index contributed by atoms with van der Waals surface area (Å²) in [6, 6.07) is 0. The van der Waals surface area contributed by atoms with E-state index in [1.54, 1.807) is 13.8 Å². The Morgan fingerprint density at radius 1 is 1.32 bits per heavy atom. The van der Waals surface area contributed by atoms with E-state index in [9.17, 15) is 4.57 Å². The van der Waals surface area contributed by atoms with Crippen LogP contribution >= 0.6 is 23.5 Å². The van der Waals surface area contributed by atoms with Crippen molar-refractivity contribution >= 4 is 23.5 Å². The minimum Gasteiger partial charge on any atom is -0.353 e. The van der Waals surface area contributed by atoms with E-state index >= 15 is 0 Å². The molecular weight excluding hydrogens is 335 g/mol. The van der Waals surface area contributed by atoms with Crippen LogP contribution in [-0.2, 0) is 23.1 Å². The first kappa shape index (κ1) is 17.6. The molecule has 1 rings (SSSR count). The first-order valence-corrected chi connectivity index (χ1v) is 9.69. The first-order chi connectivity index (χ1) is 9.13. The first-order valence-electron chi connectivity index (χ1n) is 6.84. The predicted molar refractivity (Wildman–Crippen MR) is 78.0 cm³/mol. The van der Waals surface area contributed by atoms with Crippen molar-refractivity contribution in [3.63, 3.8) is 0 Å². The highest BCUT2D eigenvalue weighted by molar-refractivity contribution is 9.09. The molecule has 1 fully saturated rings. The van der Waals surface area contributed by atoms with Crippen molar-refractivity contribution in [2.24, 2.45) is 0 Å². The van der Waals surface area contributed by atoms with Crippen LogP contribution in [0.1, 0.15) is 33.1 Å². The van der Waals surface area contributed by atoms with Crippen molar-refractivity contribution in [2.45, 2.75) is 45.5 Å². The molecule has 114 valence electrons. The molecule has 0 bridgehead atoms. The van der Waals surface area contributed by atoms with Gasteiger partial charge in [-0.3, -0.25) is 4.57 Å². The number of hydrogen-bond acceptors (Lipinski definition) is 5. The topological polar surface area (TPSA) is 54.0 Å². The summed E-state index contributed by atoms with van der Waals surface area (Å²) in [6.45, 7) is 5.08. The highest BCUT2D eigenvalue weighted by atomic mass is 79.9. The van der Waals surface area contributed by atoms with Gasteiger partial charge >= 0.3 is 7.60 Å². The smallest absolute Gasteiger partial charge is 0.333 e. The Labute approximate surface area is 124 Å². The van der Waals surface area contributed by atoms with Gasteiger partial charge in [0.25, 0.3) is 0 Å². The van der Waals surface area contributed by atoms with Gasteiger partial charge in [0.2, 0.25) is 0 Å². The standard InChI is InChI=1S/C12H24BrO5P/c1-3-16-19(14,17-4-2)10-11(9-13)18-12-7-5-6-8-15-12/h11-12H,3-10H2,1-2H3. The Morgan fingerprint density at radius 2 is 2.00 bits per heavy atom. The van der Waals surface area contributed by atoms with Gasteiger partial charge < -0.3 is 18.5 Å². The number of alkyl halides is 1. The molecule has 0 saturated carbocycles. The van der Waals surface area contributed by atoms with Gasteiger partial charge in [-0.05, 0) is 33.1 Å². The number of rotatable bonds is 9. The maximum atomic E-state index is 12.4. The lowest BCUT2D eigenvalue weighted by atomic mass is 10.2. The molecule has 0 aromatic carbocycles. The van der Waals surface area contributed by atoms with E-state index in [2.05, 4.69) is 15.9 Å². The highest BCUT2D eigenvalue weighted by Crippen LogP contribution is 2.49. The minimum atomic E-state index is -3.07. The lowest BCUT2D eigenvalue weighted by Gasteiger charge is -2.28. The van der Waals surface area contributed by atoms with Gasteiger partial charge in [-0.2, -0.15) is 0 Å². The average Bonchev–Trinajstić information content (AvgIpc) is 2.39. The summed E-state index contributed by atoms with van der Waals surface area (Å²) in [5, 5.41) is 0.580. The second-order valence-corrected chi connectivity index (χ2v) is 7.09. The molecule has 7 heteroatoms. The second kappa shape index (κ2) is 9.48. The van der Waals surface area contributed by atoms with E-state index in [0.29, 0.717) is 18.5 Å². The molecule has 0 aliphatic carbocycles. The molecule has 0 amide bonds.